The number of carbonyl (C=O) groups is 2. The Bertz CT molecular complexity index is 478. The summed E-state index contributed by atoms with van der Waals surface area (Å²) in [7, 11) is 0. The van der Waals surface area contributed by atoms with E-state index >= 15 is 0 Å². The molecule has 0 bridgehead atoms. The van der Waals surface area contributed by atoms with Crippen LogP contribution in [0.5, 0.6) is 0 Å². The van der Waals surface area contributed by atoms with Crippen LogP contribution in [0.25, 0.3) is 0 Å². The van der Waals surface area contributed by atoms with Crippen LogP contribution < -0.4 is 16.8 Å². The number of primary amides is 1. The molecule has 5 nitrogen and oxygen atoms in total. The van der Waals surface area contributed by atoms with Gasteiger partial charge in [0.15, 0.2) is 0 Å². The summed E-state index contributed by atoms with van der Waals surface area (Å²) in [5.74, 6) is -0.698. The van der Waals surface area contributed by atoms with Crippen LogP contribution in [0.4, 0.5) is 0 Å². The topological polar surface area (TPSA) is 98.2 Å². The number of carbonyl (C=O) groups excluding carboxylic acids is 2. The van der Waals surface area contributed by atoms with Crippen LogP contribution in [0.15, 0.2) is 24.3 Å². The van der Waals surface area contributed by atoms with Gasteiger partial charge >= 0.3 is 0 Å². The highest BCUT2D eigenvalue weighted by atomic mass is 16.2. The zero-order valence-electron chi connectivity index (χ0n) is 11.6. The first kappa shape index (κ1) is 15.2. The van der Waals surface area contributed by atoms with Gasteiger partial charge in [0.2, 0.25) is 11.8 Å². The van der Waals surface area contributed by atoms with Crippen LogP contribution in [-0.2, 0) is 11.3 Å². The third kappa shape index (κ3) is 4.37. The van der Waals surface area contributed by atoms with Crippen molar-refractivity contribution in [3.8, 4) is 0 Å². The number of nitrogens with two attached hydrogens (primary N) is 2. The summed E-state index contributed by atoms with van der Waals surface area (Å²) >= 11 is 0. The maximum Gasteiger partial charge on any atom is 0.248 e. The van der Waals surface area contributed by atoms with E-state index in [4.69, 9.17) is 11.5 Å². The molecule has 1 rings (SSSR count). The molecule has 1 atom stereocenters. The first-order chi connectivity index (χ1) is 8.71. The van der Waals surface area contributed by atoms with Gasteiger partial charge in [-0.25, -0.2) is 0 Å². The van der Waals surface area contributed by atoms with Gasteiger partial charge in [0.1, 0.15) is 0 Å². The van der Waals surface area contributed by atoms with Gasteiger partial charge in [-0.2, -0.15) is 0 Å². The van der Waals surface area contributed by atoms with E-state index in [1.807, 2.05) is 26.8 Å². The molecule has 0 aliphatic heterocycles. The normalized spacial score (nSPS) is 12.8. The van der Waals surface area contributed by atoms with Crippen LogP contribution in [0, 0.1) is 5.41 Å². The second-order valence-corrected chi connectivity index (χ2v) is 5.63. The molecule has 0 unspecified atom stereocenters. The molecule has 0 spiro atoms. The van der Waals surface area contributed by atoms with E-state index < -0.39 is 11.9 Å². The number of hydrogen-bond acceptors (Lipinski definition) is 3. The van der Waals surface area contributed by atoms with Crippen molar-refractivity contribution < 1.29 is 9.59 Å². The van der Waals surface area contributed by atoms with E-state index in [0.29, 0.717) is 12.1 Å². The molecule has 5 N–H and O–H groups in total. The van der Waals surface area contributed by atoms with Crippen molar-refractivity contribution in [2.24, 2.45) is 16.9 Å². The van der Waals surface area contributed by atoms with Crippen LogP contribution in [0.3, 0.4) is 0 Å². The number of hydrogen-bond donors (Lipinski definition) is 3. The minimum Gasteiger partial charge on any atom is -0.366 e. The van der Waals surface area contributed by atoms with Crippen LogP contribution in [0.1, 0.15) is 36.7 Å². The lowest BCUT2D eigenvalue weighted by Gasteiger charge is -2.25. The Morgan fingerprint density at radius 1 is 1.32 bits per heavy atom. The molecule has 0 heterocycles. The standard InChI is InChI=1S/C14H21N3O2/c1-14(2,3)11(15)13(19)17-8-9-5-4-6-10(7-9)12(16)18/h4-7,11H,8,15H2,1-3H3,(H2,16,18)(H,17,19)/t11-/m0/s1. The number of amides is 2. The maximum absolute atomic E-state index is 11.9. The fourth-order valence-corrected chi connectivity index (χ4v) is 1.53. The second-order valence-electron chi connectivity index (χ2n) is 5.63. The summed E-state index contributed by atoms with van der Waals surface area (Å²) in [4.78, 5) is 22.9. The van der Waals surface area contributed by atoms with Gasteiger partial charge in [0.05, 0.1) is 6.04 Å². The third-order valence-electron chi connectivity index (χ3n) is 2.89. The van der Waals surface area contributed by atoms with E-state index in [-0.39, 0.29) is 11.3 Å². The monoisotopic (exact) mass is 263 g/mol. The Labute approximate surface area is 113 Å². The van der Waals surface area contributed by atoms with Gasteiger partial charge < -0.3 is 16.8 Å². The van der Waals surface area contributed by atoms with Crippen molar-refractivity contribution in [1.29, 1.82) is 0 Å². The molecule has 104 valence electrons. The molecular weight excluding hydrogens is 242 g/mol. The fraction of sp³-hybridized carbons (Fsp3) is 0.429. The quantitative estimate of drug-likeness (QED) is 0.748. The van der Waals surface area contributed by atoms with E-state index in [1.165, 1.54) is 0 Å². The highest BCUT2D eigenvalue weighted by molar-refractivity contribution is 5.92. The molecule has 5 heteroatoms. The minimum atomic E-state index is -0.577. The summed E-state index contributed by atoms with van der Waals surface area (Å²) in [6.07, 6.45) is 0. The number of rotatable bonds is 4. The number of benzene rings is 1. The fourth-order valence-electron chi connectivity index (χ4n) is 1.53. The number of nitrogens with one attached hydrogen (secondary N) is 1. The maximum atomic E-state index is 11.9. The lowest BCUT2D eigenvalue weighted by atomic mass is 9.87. The van der Waals surface area contributed by atoms with E-state index in [1.54, 1.807) is 18.2 Å². The first-order valence-corrected chi connectivity index (χ1v) is 6.14. The molecule has 0 fully saturated rings. The van der Waals surface area contributed by atoms with Crippen LogP contribution >= 0.6 is 0 Å². The first-order valence-electron chi connectivity index (χ1n) is 6.14. The molecule has 0 aromatic heterocycles. The molecule has 19 heavy (non-hydrogen) atoms. The molecule has 0 aliphatic rings. The molecule has 2 amide bonds. The summed E-state index contributed by atoms with van der Waals surface area (Å²) in [6, 6.07) is 6.26. The van der Waals surface area contributed by atoms with Gasteiger partial charge in [0.25, 0.3) is 0 Å². The summed E-state index contributed by atoms with van der Waals surface area (Å²) in [5, 5.41) is 2.76. The van der Waals surface area contributed by atoms with Crippen molar-refractivity contribution in [1.82, 2.24) is 5.32 Å². The highest BCUT2D eigenvalue weighted by Crippen LogP contribution is 2.17. The zero-order chi connectivity index (χ0) is 14.6. The second kappa shape index (κ2) is 5.84. The Kier molecular flexibility index (Phi) is 4.67. The average Bonchev–Trinajstić information content (AvgIpc) is 2.34. The SMILES string of the molecule is CC(C)(C)[C@@H](N)C(=O)NCc1cccc(C(N)=O)c1. The largest absolute Gasteiger partial charge is 0.366 e. The molecule has 0 saturated carbocycles. The van der Waals surface area contributed by atoms with Crippen molar-refractivity contribution in [3.63, 3.8) is 0 Å². The summed E-state index contributed by atoms with van der Waals surface area (Å²) in [5.41, 5.74) is 12.0. The highest BCUT2D eigenvalue weighted by Gasteiger charge is 2.27. The average molecular weight is 263 g/mol. The Morgan fingerprint density at radius 2 is 1.95 bits per heavy atom. The van der Waals surface area contributed by atoms with Crippen molar-refractivity contribution in [2.75, 3.05) is 0 Å². The van der Waals surface area contributed by atoms with Crippen molar-refractivity contribution in [2.45, 2.75) is 33.4 Å². The zero-order valence-corrected chi connectivity index (χ0v) is 11.6. The van der Waals surface area contributed by atoms with E-state index in [2.05, 4.69) is 5.32 Å². The van der Waals surface area contributed by atoms with Crippen molar-refractivity contribution >= 4 is 11.8 Å². The lowest BCUT2D eigenvalue weighted by Crippen LogP contribution is -2.48. The van der Waals surface area contributed by atoms with Gasteiger partial charge in [-0.15, -0.1) is 0 Å². The third-order valence-corrected chi connectivity index (χ3v) is 2.89. The Hall–Kier alpha value is -1.88. The van der Waals surface area contributed by atoms with Crippen LogP contribution in [0.2, 0.25) is 0 Å². The van der Waals surface area contributed by atoms with Crippen LogP contribution in [-0.4, -0.2) is 17.9 Å². The molecular formula is C14H21N3O2. The molecule has 0 radical (unpaired) electrons. The summed E-state index contributed by atoms with van der Waals surface area (Å²) in [6.45, 7) is 6.05. The Morgan fingerprint density at radius 3 is 2.47 bits per heavy atom. The predicted octanol–water partition coefficient (Wildman–Crippen LogP) is 0.775. The molecule has 1 aromatic carbocycles. The predicted molar refractivity (Wildman–Crippen MR) is 74.2 cm³/mol. The van der Waals surface area contributed by atoms with Crippen molar-refractivity contribution in [3.05, 3.63) is 35.4 Å². The van der Waals surface area contributed by atoms with E-state index in [9.17, 15) is 9.59 Å². The molecule has 0 saturated heterocycles. The summed E-state index contributed by atoms with van der Waals surface area (Å²) < 4.78 is 0. The van der Waals surface area contributed by atoms with Gasteiger partial charge in [-0.05, 0) is 23.1 Å². The smallest absolute Gasteiger partial charge is 0.248 e. The lowest BCUT2D eigenvalue weighted by molar-refractivity contribution is -0.124. The van der Waals surface area contributed by atoms with Gasteiger partial charge in [0, 0.05) is 12.1 Å². The van der Waals surface area contributed by atoms with Gasteiger partial charge in [-0.1, -0.05) is 32.9 Å². The van der Waals surface area contributed by atoms with E-state index in [0.717, 1.165) is 5.56 Å². The Balaban J connectivity index is 2.65. The molecule has 0 aliphatic carbocycles. The van der Waals surface area contributed by atoms with Gasteiger partial charge in [-0.3, -0.25) is 9.59 Å². The molecule has 1 aromatic rings. The minimum absolute atomic E-state index is 0.211.